The van der Waals surface area contributed by atoms with Crippen LogP contribution in [-0.4, -0.2) is 7.11 Å². The van der Waals surface area contributed by atoms with Gasteiger partial charge in [0.15, 0.2) is 0 Å². The molecule has 0 saturated carbocycles. The van der Waals surface area contributed by atoms with E-state index in [1.165, 1.54) is 0 Å². The van der Waals surface area contributed by atoms with Crippen molar-refractivity contribution in [3.05, 3.63) is 24.0 Å². The summed E-state index contributed by atoms with van der Waals surface area (Å²) < 4.78 is 5.01. The van der Waals surface area contributed by atoms with Crippen LogP contribution in [0.4, 0.5) is 0 Å². The molecule has 0 bridgehead atoms. The average Bonchev–Trinajstić information content (AvgIpc) is 1.90. The van der Waals surface area contributed by atoms with Crippen LogP contribution < -0.4 is 0 Å². The van der Waals surface area contributed by atoms with E-state index in [4.69, 9.17) is 4.74 Å². The first-order valence-corrected chi connectivity index (χ1v) is 3.25. The van der Waals surface area contributed by atoms with Crippen LogP contribution in [0.25, 0.3) is 0 Å². The molecular weight excluding hydrogens is 112 g/mol. The van der Waals surface area contributed by atoms with Crippen molar-refractivity contribution >= 4 is 0 Å². The molecule has 0 N–H and O–H groups in total. The van der Waals surface area contributed by atoms with Crippen molar-refractivity contribution in [2.45, 2.75) is 13.3 Å². The van der Waals surface area contributed by atoms with E-state index in [2.05, 4.69) is 19.1 Å². The summed E-state index contributed by atoms with van der Waals surface area (Å²) in [7, 11) is 1.70. The van der Waals surface area contributed by atoms with Gasteiger partial charge in [0.25, 0.3) is 0 Å². The zero-order valence-corrected chi connectivity index (χ0v) is 5.92. The summed E-state index contributed by atoms with van der Waals surface area (Å²) in [5.74, 6) is 1.68. The van der Waals surface area contributed by atoms with Gasteiger partial charge in [0.05, 0.1) is 7.11 Å². The molecule has 9 heavy (non-hydrogen) atoms. The summed E-state index contributed by atoms with van der Waals surface area (Å²) >= 11 is 0. The fraction of sp³-hybridized carbons (Fsp3) is 0.500. The van der Waals surface area contributed by atoms with Gasteiger partial charge < -0.3 is 4.74 Å². The molecule has 0 aromatic carbocycles. The van der Waals surface area contributed by atoms with Crippen LogP contribution in [0, 0.1) is 5.92 Å². The van der Waals surface area contributed by atoms with Gasteiger partial charge in [-0.1, -0.05) is 13.0 Å². The summed E-state index contributed by atoms with van der Waals surface area (Å²) in [6.07, 6.45) is 7.41. The van der Waals surface area contributed by atoms with E-state index in [9.17, 15) is 0 Å². The Morgan fingerprint density at radius 2 is 2.44 bits per heavy atom. The number of rotatable bonds is 1. The smallest absolute Gasteiger partial charge is 0.114 e. The van der Waals surface area contributed by atoms with Crippen LogP contribution in [0.15, 0.2) is 24.0 Å². The SMILES string of the molecule is COC1=CC[C@@H](C)C=C1. The second-order valence-corrected chi connectivity index (χ2v) is 2.38. The van der Waals surface area contributed by atoms with Crippen molar-refractivity contribution in [1.82, 2.24) is 0 Å². The topological polar surface area (TPSA) is 9.23 Å². The molecule has 1 rings (SSSR count). The number of methoxy groups -OCH3 is 1. The molecule has 0 heterocycles. The summed E-state index contributed by atoms with van der Waals surface area (Å²) in [6, 6.07) is 0. The third-order valence-electron chi connectivity index (χ3n) is 1.52. The predicted octanol–water partition coefficient (Wildman–Crippen LogP) is 2.11. The molecule has 1 atom stereocenters. The molecule has 0 aromatic rings. The highest BCUT2D eigenvalue weighted by molar-refractivity contribution is 5.17. The fourth-order valence-corrected chi connectivity index (χ4v) is 0.859. The maximum absolute atomic E-state index is 5.01. The van der Waals surface area contributed by atoms with Gasteiger partial charge in [-0.3, -0.25) is 0 Å². The second kappa shape index (κ2) is 2.72. The fourth-order valence-electron chi connectivity index (χ4n) is 0.859. The lowest BCUT2D eigenvalue weighted by atomic mass is 10.0. The number of ether oxygens (including phenoxy) is 1. The first-order chi connectivity index (χ1) is 4.33. The first kappa shape index (κ1) is 6.40. The molecule has 0 amide bonds. The van der Waals surface area contributed by atoms with Crippen molar-refractivity contribution in [3.8, 4) is 0 Å². The number of hydrogen-bond donors (Lipinski definition) is 0. The number of hydrogen-bond acceptors (Lipinski definition) is 1. The lowest BCUT2D eigenvalue weighted by molar-refractivity contribution is 0.302. The van der Waals surface area contributed by atoms with Crippen LogP contribution in [0.2, 0.25) is 0 Å². The predicted molar refractivity (Wildman–Crippen MR) is 38.0 cm³/mol. The summed E-state index contributed by atoms with van der Waals surface area (Å²) in [5.41, 5.74) is 0. The Hall–Kier alpha value is -0.720. The quantitative estimate of drug-likeness (QED) is 0.520. The van der Waals surface area contributed by atoms with Crippen LogP contribution in [0.5, 0.6) is 0 Å². The Morgan fingerprint density at radius 1 is 1.67 bits per heavy atom. The molecule has 0 aromatic heterocycles. The second-order valence-electron chi connectivity index (χ2n) is 2.38. The van der Waals surface area contributed by atoms with Gasteiger partial charge in [0.2, 0.25) is 0 Å². The average molecular weight is 124 g/mol. The molecule has 50 valence electrons. The molecule has 0 unspecified atom stereocenters. The van der Waals surface area contributed by atoms with Crippen molar-refractivity contribution in [2.24, 2.45) is 5.92 Å². The zero-order valence-electron chi connectivity index (χ0n) is 5.92. The van der Waals surface area contributed by atoms with Crippen LogP contribution in [0.3, 0.4) is 0 Å². The zero-order chi connectivity index (χ0) is 6.69. The minimum atomic E-state index is 0.684. The van der Waals surface area contributed by atoms with Crippen molar-refractivity contribution in [3.63, 3.8) is 0 Å². The molecule has 1 nitrogen and oxygen atoms in total. The lowest BCUT2D eigenvalue weighted by Gasteiger charge is -2.09. The third kappa shape index (κ3) is 1.60. The van der Waals surface area contributed by atoms with E-state index >= 15 is 0 Å². The highest BCUT2D eigenvalue weighted by Gasteiger charge is 2.01. The van der Waals surface area contributed by atoms with Crippen LogP contribution in [-0.2, 0) is 4.74 Å². The summed E-state index contributed by atoms with van der Waals surface area (Å²) in [5, 5.41) is 0. The highest BCUT2D eigenvalue weighted by atomic mass is 16.5. The van der Waals surface area contributed by atoms with E-state index in [0.29, 0.717) is 5.92 Å². The molecule has 0 aliphatic heterocycles. The van der Waals surface area contributed by atoms with E-state index in [-0.39, 0.29) is 0 Å². The molecule has 1 aliphatic rings. The molecule has 1 heteroatoms. The lowest BCUT2D eigenvalue weighted by Crippen LogP contribution is -1.94. The van der Waals surface area contributed by atoms with Gasteiger partial charge in [-0.05, 0) is 24.5 Å². The summed E-state index contributed by atoms with van der Waals surface area (Å²) in [4.78, 5) is 0. The van der Waals surface area contributed by atoms with Gasteiger partial charge in [0.1, 0.15) is 5.76 Å². The maximum Gasteiger partial charge on any atom is 0.114 e. The van der Waals surface area contributed by atoms with Gasteiger partial charge in [-0.2, -0.15) is 0 Å². The third-order valence-corrected chi connectivity index (χ3v) is 1.52. The van der Waals surface area contributed by atoms with Crippen molar-refractivity contribution in [1.29, 1.82) is 0 Å². The van der Waals surface area contributed by atoms with Crippen molar-refractivity contribution in [2.75, 3.05) is 7.11 Å². The molecule has 0 fully saturated rings. The van der Waals surface area contributed by atoms with Gasteiger partial charge >= 0.3 is 0 Å². The molecule has 0 radical (unpaired) electrons. The van der Waals surface area contributed by atoms with Crippen LogP contribution in [0.1, 0.15) is 13.3 Å². The standard InChI is InChI=1S/C8H12O/c1-7-3-5-8(9-2)6-4-7/h3,5-7H,4H2,1-2H3/t7-/m0/s1. The molecule has 0 spiro atoms. The first-order valence-electron chi connectivity index (χ1n) is 3.25. The van der Waals surface area contributed by atoms with Crippen LogP contribution >= 0.6 is 0 Å². The normalized spacial score (nSPS) is 25.6. The Morgan fingerprint density at radius 3 is 2.89 bits per heavy atom. The minimum Gasteiger partial charge on any atom is -0.497 e. The maximum atomic E-state index is 5.01. The Balaban J connectivity index is 2.52. The molecule has 0 saturated heterocycles. The van der Waals surface area contributed by atoms with E-state index in [0.717, 1.165) is 12.2 Å². The van der Waals surface area contributed by atoms with E-state index in [1.54, 1.807) is 7.11 Å². The highest BCUT2D eigenvalue weighted by Crippen LogP contribution is 2.14. The monoisotopic (exact) mass is 124 g/mol. The Labute approximate surface area is 56.0 Å². The molecule has 1 aliphatic carbocycles. The van der Waals surface area contributed by atoms with Crippen molar-refractivity contribution < 1.29 is 4.74 Å². The largest absolute Gasteiger partial charge is 0.497 e. The summed E-state index contributed by atoms with van der Waals surface area (Å²) in [6.45, 7) is 2.19. The van der Waals surface area contributed by atoms with E-state index < -0.39 is 0 Å². The van der Waals surface area contributed by atoms with Gasteiger partial charge in [-0.15, -0.1) is 0 Å². The van der Waals surface area contributed by atoms with Gasteiger partial charge in [-0.25, -0.2) is 0 Å². The molecular formula is C8H12O. The minimum absolute atomic E-state index is 0.684. The van der Waals surface area contributed by atoms with Gasteiger partial charge in [0, 0.05) is 0 Å². The number of allylic oxidation sites excluding steroid dienone is 3. The Kier molecular flexibility index (Phi) is 1.93. The van der Waals surface area contributed by atoms with E-state index in [1.807, 2.05) is 6.08 Å². The Bertz CT molecular complexity index is 145.